The van der Waals surface area contributed by atoms with E-state index >= 15 is 0 Å². The number of carbonyl (C=O) groups is 2. The van der Waals surface area contributed by atoms with Gasteiger partial charge in [-0.1, -0.05) is 6.07 Å². The molecule has 1 atom stereocenters. The maximum atomic E-state index is 12.4. The minimum absolute atomic E-state index is 0.0194. The molecule has 0 aromatic carbocycles. The average molecular weight is 337 g/mol. The molecule has 0 unspecified atom stereocenters. The lowest BCUT2D eigenvalue weighted by Gasteiger charge is -2.33. The first kappa shape index (κ1) is 15.1. The van der Waals surface area contributed by atoms with Crippen LogP contribution >= 0.6 is 22.7 Å². The quantitative estimate of drug-likeness (QED) is 0.925. The van der Waals surface area contributed by atoms with E-state index in [9.17, 15) is 9.59 Å². The summed E-state index contributed by atoms with van der Waals surface area (Å²) in [5, 5.41) is 5.25. The van der Waals surface area contributed by atoms with Crippen LogP contribution in [0, 0.1) is 6.92 Å². The normalized spacial score (nSPS) is 18.5. The van der Waals surface area contributed by atoms with E-state index in [-0.39, 0.29) is 25.0 Å². The second kappa shape index (κ2) is 6.55. The Kier molecular flexibility index (Phi) is 4.51. The van der Waals surface area contributed by atoms with Crippen molar-refractivity contribution in [3.63, 3.8) is 0 Å². The molecule has 1 saturated heterocycles. The van der Waals surface area contributed by atoms with Gasteiger partial charge in [0, 0.05) is 16.0 Å². The second-order valence-corrected chi connectivity index (χ2v) is 7.16. The fourth-order valence-corrected chi connectivity index (χ4v) is 3.56. The number of nitrogens with zero attached hydrogens (tertiary/aromatic N) is 2. The molecular weight excluding hydrogens is 322 g/mol. The Morgan fingerprint density at radius 2 is 2.45 bits per heavy atom. The van der Waals surface area contributed by atoms with E-state index in [1.165, 1.54) is 11.3 Å². The smallest absolute Gasteiger partial charge is 0.251 e. The molecule has 6 nitrogen and oxygen atoms in total. The van der Waals surface area contributed by atoms with Crippen LogP contribution in [0.5, 0.6) is 0 Å². The van der Waals surface area contributed by atoms with Gasteiger partial charge < -0.3 is 15.0 Å². The van der Waals surface area contributed by atoms with Crippen molar-refractivity contribution in [3.8, 4) is 0 Å². The van der Waals surface area contributed by atoms with Gasteiger partial charge in [0.2, 0.25) is 5.91 Å². The van der Waals surface area contributed by atoms with Crippen molar-refractivity contribution in [2.75, 3.05) is 18.5 Å². The van der Waals surface area contributed by atoms with Crippen LogP contribution in [0.4, 0.5) is 5.13 Å². The highest BCUT2D eigenvalue weighted by molar-refractivity contribution is 7.15. The van der Waals surface area contributed by atoms with Crippen LogP contribution < -0.4 is 5.32 Å². The zero-order chi connectivity index (χ0) is 15.5. The number of hydrogen-bond acceptors (Lipinski definition) is 6. The van der Waals surface area contributed by atoms with Gasteiger partial charge in [-0.05, 0) is 18.4 Å². The lowest BCUT2D eigenvalue weighted by molar-refractivity contribution is -0.153. The molecule has 0 radical (unpaired) electrons. The summed E-state index contributed by atoms with van der Waals surface area (Å²) in [5.74, 6) is -0.436. The van der Waals surface area contributed by atoms with E-state index in [1.54, 1.807) is 22.4 Å². The summed E-state index contributed by atoms with van der Waals surface area (Å²) < 4.78 is 5.24. The molecule has 1 aliphatic rings. The number of ether oxygens (including phenoxy) is 1. The number of morpholine rings is 1. The monoisotopic (exact) mass is 337 g/mol. The van der Waals surface area contributed by atoms with Crippen LogP contribution in [0.25, 0.3) is 0 Å². The third-order valence-corrected chi connectivity index (χ3v) is 4.95. The van der Waals surface area contributed by atoms with Crippen LogP contribution in [0.1, 0.15) is 9.75 Å². The zero-order valence-electron chi connectivity index (χ0n) is 11.9. The summed E-state index contributed by atoms with van der Waals surface area (Å²) in [6.45, 7) is 2.57. The van der Waals surface area contributed by atoms with Crippen LogP contribution in [0.3, 0.4) is 0 Å². The number of thiophene rings is 1. The summed E-state index contributed by atoms with van der Waals surface area (Å²) in [6.07, 6.45) is 1.70. The molecule has 3 rings (SSSR count). The van der Waals surface area contributed by atoms with Crippen LogP contribution in [0.15, 0.2) is 23.7 Å². The lowest BCUT2D eigenvalue weighted by Crippen LogP contribution is -2.54. The average Bonchev–Trinajstić information content (AvgIpc) is 3.13. The number of carbonyl (C=O) groups excluding carboxylic acids is 2. The molecular formula is C14H15N3O3S2. The molecule has 0 spiro atoms. The lowest BCUT2D eigenvalue weighted by atomic mass is 10.2. The first-order valence-electron chi connectivity index (χ1n) is 6.76. The molecule has 0 bridgehead atoms. The third-order valence-electron chi connectivity index (χ3n) is 3.26. The van der Waals surface area contributed by atoms with Crippen LogP contribution in [-0.2, 0) is 20.9 Å². The molecule has 2 amide bonds. The van der Waals surface area contributed by atoms with E-state index in [4.69, 9.17) is 4.74 Å². The molecule has 3 heterocycles. The van der Waals surface area contributed by atoms with Gasteiger partial charge >= 0.3 is 0 Å². The van der Waals surface area contributed by atoms with Gasteiger partial charge in [0.25, 0.3) is 5.91 Å². The van der Waals surface area contributed by atoms with E-state index in [1.807, 2.05) is 24.4 Å². The molecule has 0 saturated carbocycles. The summed E-state index contributed by atoms with van der Waals surface area (Å²) in [7, 11) is 0. The maximum absolute atomic E-state index is 12.4. The highest BCUT2D eigenvalue weighted by atomic mass is 32.1. The van der Waals surface area contributed by atoms with Gasteiger partial charge in [0.05, 0.1) is 13.2 Å². The molecule has 1 fully saturated rings. The molecule has 2 aromatic rings. The Morgan fingerprint density at radius 1 is 1.59 bits per heavy atom. The van der Waals surface area contributed by atoms with Crippen LogP contribution in [0.2, 0.25) is 0 Å². The van der Waals surface area contributed by atoms with Crippen molar-refractivity contribution >= 4 is 39.6 Å². The number of hydrogen-bond donors (Lipinski definition) is 1. The van der Waals surface area contributed by atoms with Crippen molar-refractivity contribution in [2.45, 2.75) is 19.5 Å². The van der Waals surface area contributed by atoms with E-state index in [2.05, 4.69) is 10.3 Å². The standard InChI is InChI=1S/C14H15N3O3S2/c1-9-5-15-14(22-9)16-13(19)11-7-20-8-12(18)17(11)6-10-3-2-4-21-10/h2-5,11H,6-8H2,1H3,(H,15,16,19)/t11-/m0/s1. The highest BCUT2D eigenvalue weighted by Crippen LogP contribution is 2.20. The Morgan fingerprint density at radius 3 is 3.14 bits per heavy atom. The van der Waals surface area contributed by atoms with Gasteiger partial charge in [-0.25, -0.2) is 4.98 Å². The van der Waals surface area contributed by atoms with E-state index < -0.39 is 6.04 Å². The van der Waals surface area contributed by atoms with Crippen molar-refractivity contribution in [3.05, 3.63) is 33.5 Å². The Balaban J connectivity index is 1.73. The fraction of sp³-hybridized carbons (Fsp3) is 0.357. The maximum Gasteiger partial charge on any atom is 0.251 e. The predicted octanol–water partition coefficient (Wildman–Crippen LogP) is 1.88. The summed E-state index contributed by atoms with van der Waals surface area (Å²) >= 11 is 2.97. The number of thiazole rings is 1. The number of amides is 2. The molecule has 116 valence electrons. The molecule has 1 N–H and O–H groups in total. The predicted molar refractivity (Wildman–Crippen MR) is 85.0 cm³/mol. The summed E-state index contributed by atoms with van der Waals surface area (Å²) in [4.78, 5) is 32.3. The van der Waals surface area contributed by atoms with Gasteiger partial charge in [-0.15, -0.1) is 22.7 Å². The van der Waals surface area contributed by atoms with Gasteiger partial charge in [-0.2, -0.15) is 0 Å². The Labute approximate surface area is 135 Å². The van der Waals surface area contributed by atoms with Crippen molar-refractivity contribution in [2.24, 2.45) is 0 Å². The van der Waals surface area contributed by atoms with E-state index in [0.29, 0.717) is 11.7 Å². The van der Waals surface area contributed by atoms with Gasteiger partial charge in [0.1, 0.15) is 12.6 Å². The fourth-order valence-electron chi connectivity index (χ4n) is 2.19. The second-order valence-electron chi connectivity index (χ2n) is 4.90. The van der Waals surface area contributed by atoms with Crippen molar-refractivity contribution in [1.29, 1.82) is 0 Å². The first-order valence-corrected chi connectivity index (χ1v) is 8.46. The molecule has 2 aromatic heterocycles. The SMILES string of the molecule is Cc1cnc(NC(=O)[C@@H]2COCC(=O)N2Cc2cccs2)s1. The van der Waals surface area contributed by atoms with Gasteiger partial charge in [-0.3, -0.25) is 9.59 Å². The Hall–Kier alpha value is -1.77. The third kappa shape index (κ3) is 3.34. The molecule has 8 heteroatoms. The summed E-state index contributed by atoms with van der Waals surface area (Å²) in [5.41, 5.74) is 0. The number of aryl methyl sites for hydroxylation is 1. The van der Waals surface area contributed by atoms with E-state index in [0.717, 1.165) is 9.75 Å². The number of anilines is 1. The largest absolute Gasteiger partial charge is 0.369 e. The van der Waals surface area contributed by atoms with Crippen LogP contribution in [-0.4, -0.2) is 41.0 Å². The minimum Gasteiger partial charge on any atom is -0.369 e. The molecule has 0 aliphatic carbocycles. The highest BCUT2D eigenvalue weighted by Gasteiger charge is 2.34. The van der Waals surface area contributed by atoms with Crippen molar-refractivity contribution in [1.82, 2.24) is 9.88 Å². The number of nitrogens with one attached hydrogen (secondary N) is 1. The minimum atomic E-state index is -0.632. The summed E-state index contributed by atoms with van der Waals surface area (Å²) in [6, 6.07) is 3.25. The molecule has 1 aliphatic heterocycles. The van der Waals surface area contributed by atoms with Crippen molar-refractivity contribution < 1.29 is 14.3 Å². The number of aromatic nitrogens is 1. The topological polar surface area (TPSA) is 71.5 Å². The number of rotatable bonds is 4. The zero-order valence-corrected chi connectivity index (χ0v) is 13.6. The Bertz CT molecular complexity index is 669. The molecule has 22 heavy (non-hydrogen) atoms. The van der Waals surface area contributed by atoms with Gasteiger partial charge in [0.15, 0.2) is 5.13 Å². The first-order chi connectivity index (χ1) is 10.6.